The fraction of sp³-hybridized carbons (Fsp3) is 0.235. The third-order valence-corrected chi connectivity index (χ3v) is 3.36. The number of aryl methyl sites for hydroxylation is 1. The molecular formula is C17H17NO5. The number of hydrogen-bond donors (Lipinski definition) is 0. The minimum absolute atomic E-state index is 0.229. The van der Waals surface area contributed by atoms with E-state index < -0.39 is 0 Å². The number of aromatic nitrogens is 1. The zero-order valence-corrected chi connectivity index (χ0v) is 13.2. The van der Waals surface area contributed by atoms with Crippen molar-refractivity contribution >= 4 is 0 Å². The molecule has 6 heteroatoms. The molecule has 3 aromatic rings. The van der Waals surface area contributed by atoms with Gasteiger partial charge in [0.15, 0.2) is 17.3 Å². The van der Waals surface area contributed by atoms with Crippen LogP contribution in [0.1, 0.15) is 11.5 Å². The Morgan fingerprint density at radius 2 is 1.78 bits per heavy atom. The molecule has 6 nitrogen and oxygen atoms in total. The number of para-hydroxylation sites is 1. The Balaban J connectivity index is 1.82. The van der Waals surface area contributed by atoms with Crippen molar-refractivity contribution in [2.45, 2.75) is 13.5 Å². The molecule has 0 N–H and O–H groups in total. The zero-order chi connectivity index (χ0) is 16.2. The maximum Gasteiger partial charge on any atom is 0.263 e. The number of rotatable bonds is 6. The van der Waals surface area contributed by atoms with Gasteiger partial charge in [0, 0.05) is 0 Å². The van der Waals surface area contributed by atoms with Gasteiger partial charge in [0.05, 0.1) is 20.5 Å². The first-order chi connectivity index (χ1) is 11.2. The molecular weight excluding hydrogens is 298 g/mol. The van der Waals surface area contributed by atoms with E-state index in [4.69, 9.17) is 23.0 Å². The Kier molecular flexibility index (Phi) is 4.23. The summed E-state index contributed by atoms with van der Waals surface area (Å²) in [5.41, 5.74) is 0.685. The highest BCUT2D eigenvalue weighted by molar-refractivity contribution is 5.51. The van der Waals surface area contributed by atoms with Crippen LogP contribution in [-0.4, -0.2) is 19.2 Å². The molecule has 0 atom stereocenters. The second-order valence-corrected chi connectivity index (χ2v) is 4.78. The molecule has 0 aliphatic heterocycles. The maximum absolute atomic E-state index is 5.84. The average Bonchev–Trinajstić information content (AvgIpc) is 3.22. The van der Waals surface area contributed by atoms with Gasteiger partial charge in [-0.05, 0) is 31.2 Å². The van der Waals surface area contributed by atoms with Gasteiger partial charge in [0.1, 0.15) is 18.1 Å². The zero-order valence-electron chi connectivity index (χ0n) is 13.2. The summed E-state index contributed by atoms with van der Waals surface area (Å²) in [6.45, 7) is 2.06. The number of benzene rings is 1. The minimum Gasteiger partial charge on any atom is -0.493 e. The number of furan rings is 1. The lowest BCUT2D eigenvalue weighted by Crippen LogP contribution is -2.01. The van der Waals surface area contributed by atoms with Gasteiger partial charge < -0.3 is 23.0 Å². The third kappa shape index (κ3) is 3.01. The van der Waals surface area contributed by atoms with Crippen molar-refractivity contribution in [1.29, 1.82) is 0 Å². The van der Waals surface area contributed by atoms with Gasteiger partial charge in [-0.3, -0.25) is 0 Å². The largest absolute Gasteiger partial charge is 0.493 e. The molecule has 120 valence electrons. The van der Waals surface area contributed by atoms with Crippen LogP contribution in [0.25, 0.3) is 11.7 Å². The summed E-state index contributed by atoms with van der Waals surface area (Å²) in [4.78, 5) is 4.41. The fourth-order valence-corrected chi connectivity index (χ4v) is 2.17. The topological polar surface area (TPSA) is 66.9 Å². The van der Waals surface area contributed by atoms with Crippen LogP contribution in [0, 0.1) is 6.92 Å². The molecule has 0 amide bonds. The number of ether oxygens (including phenoxy) is 3. The summed E-state index contributed by atoms with van der Waals surface area (Å²) < 4.78 is 27.4. The van der Waals surface area contributed by atoms with Crippen molar-refractivity contribution in [2.24, 2.45) is 0 Å². The first kappa shape index (κ1) is 15.0. The Morgan fingerprint density at radius 3 is 2.39 bits per heavy atom. The van der Waals surface area contributed by atoms with Crippen LogP contribution in [0.3, 0.4) is 0 Å². The summed E-state index contributed by atoms with van der Waals surface area (Å²) in [5.74, 6) is 3.39. The summed E-state index contributed by atoms with van der Waals surface area (Å²) in [6.07, 6.45) is 1.57. The summed E-state index contributed by atoms with van der Waals surface area (Å²) in [6, 6.07) is 9.02. The first-order valence-corrected chi connectivity index (χ1v) is 7.07. The van der Waals surface area contributed by atoms with Crippen LogP contribution in [0.4, 0.5) is 0 Å². The molecule has 0 saturated carbocycles. The summed E-state index contributed by atoms with van der Waals surface area (Å²) in [7, 11) is 3.16. The lowest BCUT2D eigenvalue weighted by Gasteiger charge is -2.13. The van der Waals surface area contributed by atoms with Crippen LogP contribution >= 0.6 is 0 Å². The van der Waals surface area contributed by atoms with Gasteiger partial charge >= 0.3 is 0 Å². The lowest BCUT2D eigenvalue weighted by molar-refractivity contribution is 0.261. The van der Waals surface area contributed by atoms with Crippen LogP contribution < -0.4 is 14.2 Å². The van der Waals surface area contributed by atoms with Gasteiger partial charge in [-0.2, -0.15) is 0 Å². The summed E-state index contributed by atoms with van der Waals surface area (Å²) >= 11 is 0. The monoisotopic (exact) mass is 315 g/mol. The smallest absolute Gasteiger partial charge is 0.263 e. The highest BCUT2D eigenvalue weighted by atomic mass is 16.5. The molecule has 2 aromatic heterocycles. The second kappa shape index (κ2) is 6.48. The van der Waals surface area contributed by atoms with Crippen molar-refractivity contribution < 1.29 is 23.0 Å². The maximum atomic E-state index is 5.84. The number of hydrogen-bond acceptors (Lipinski definition) is 6. The molecule has 0 spiro atoms. The molecule has 0 radical (unpaired) electrons. The van der Waals surface area contributed by atoms with Gasteiger partial charge in [0.25, 0.3) is 5.89 Å². The van der Waals surface area contributed by atoms with Crippen molar-refractivity contribution in [3.63, 3.8) is 0 Å². The van der Waals surface area contributed by atoms with Gasteiger partial charge in [-0.25, -0.2) is 4.98 Å². The molecule has 0 aliphatic carbocycles. The van der Waals surface area contributed by atoms with Crippen molar-refractivity contribution in [3.8, 4) is 28.9 Å². The predicted molar refractivity (Wildman–Crippen MR) is 82.8 cm³/mol. The molecule has 0 fully saturated rings. The van der Waals surface area contributed by atoms with E-state index in [1.165, 1.54) is 0 Å². The molecule has 0 bridgehead atoms. The first-order valence-electron chi connectivity index (χ1n) is 7.07. The fourth-order valence-electron chi connectivity index (χ4n) is 2.17. The number of oxazole rings is 1. The molecule has 1 aromatic carbocycles. The minimum atomic E-state index is 0.229. The van der Waals surface area contributed by atoms with Crippen LogP contribution in [0.2, 0.25) is 0 Å². The molecule has 0 aliphatic rings. The Hall–Kier alpha value is -2.89. The standard InChI is InChI=1S/C17H17NO5/c1-11-12(18-17(23-11)15-8-5-9-21-15)10-22-16-13(19-2)6-4-7-14(16)20-3/h4-9H,10H2,1-3H3. The molecule has 2 heterocycles. The van der Waals surface area contributed by atoms with Gasteiger partial charge in [-0.15, -0.1) is 0 Å². The third-order valence-electron chi connectivity index (χ3n) is 3.36. The van der Waals surface area contributed by atoms with E-state index in [2.05, 4.69) is 4.98 Å². The SMILES string of the molecule is COc1cccc(OC)c1OCc1nc(-c2ccco2)oc1C. The van der Waals surface area contributed by atoms with E-state index >= 15 is 0 Å². The highest BCUT2D eigenvalue weighted by Crippen LogP contribution is 2.37. The van der Waals surface area contributed by atoms with Crippen molar-refractivity contribution in [1.82, 2.24) is 4.98 Å². The number of methoxy groups -OCH3 is 2. The molecule has 0 saturated heterocycles. The van der Waals surface area contributed by atoms with Crippen molar-refractivity contribution in [3.05, 3.63) is 48.0 Å². The van der Waals surface area contributed by atoms with E-state index in [0.29, 0.717) is 40.4 Å². The summed E-state index contributed by atoms with van der Waals surface area (Å²) in [5, 5.41) is 0. The average molecular weight is 315 g/mol. The van der Waals surface area contributed by atoms with Gasteiger partial charge in [0.2, 0.25) is 5.75 Å². The predicted octanol–water partition coefficient (Wildman–Crippen LogP) is 3.84. The van der Waals surface area contributed by atoms with Crippen molar-refractivity contribution in [2.75, 3.05) is 14.2 Å². The van der Waals surface area contributed by atoms with Crippen LogP contribution in [0.5, 0.6) is 17.2 Å². The molecule has 0 unspecified atom stereocenters. The Morgan fingerprint density at radius 1 is 1.04 bits per heavy atom. The van der Waals surface area contributed by atoms with E-state index in [-0.39, 0.29) is 6.61 Å². The number of nitrogens with zero attached hydrogens (tertiary/aromatic N) is 1. The second-order valence-electron chi connectivity index (χ2n) is 4.78. The Labute approximate surface area is 133 Å². The normalized spacial score (nSPS) is 10.6. The van der Waals surface area contributed by atoms with E-state index in [1.54, 1.807) is 32.6 Å². The van der Waals surface area contributed by atoms with Gasteiger partial charge in [-0.1, -0.05) is 6.07 Å². The Bertz CT molecular complexity index is 754. The van der Waals surface area contributed by atoms with E-state index in [0.717, 1.165) is 0 Å². The van der Waals surface area contributed by atoms with Crippen LogP contribution in [0.15, 0.2) is 45.4 Å². The van der Waals surface area contributed by atoms with E-state index in [1.807, 2.05) is 25.1 Å². The van der Waals surface area contributed by atoms with Crippen LogP contribution in [-0.2, 0) is 6.61 Å². The highest BCUT2D eigenvalue weighted by Gasteiger charge is 2.16. The van der Waals surface area contributed by atoms with E-state index in [9.17, 15) is 0 Å². The molecule has 3 rings (SSSR count). The molecule has 23 heavy (non-hydrogen) atoms. The quantitative estimate of drug-likeness (QED) is 0.688. The lowest BCUT2D eigenvalue weighted by atomic mass is 10.3.